The minimum absolute atomic E-state index is 0.361. The van der Waals surface area contributed by atoms with Crippen LogP contribution in [0.25, 0.3) is 0 Å². The number of hydrogen-bond donors (Lipinski definition) is 3. The lowest BCUT2D eigenvalue weighted by atomic mass is 10.2. The van der Waals surface area contributed by atoms with E-state index < -0.39 is 23.3 Å². The van der Waals surface area contributed by atoms with Crippen molar-refractivity contribution in [2.24, 2.45) is 10.9 Å². The SMILES string of the molecule is N[C@@H](CCS)C(=NO)OS(=O)[O-]. The van der Waals surface area contributed by atoms with E-state index >= 15 is 0 Å². The third-order valence-corrected chi connectivity index (χ3v) is 1.57. The molecule has 0 bridgehead atoms. The standard InChI is InChI=1S/C4H10N2O4S2/c5-3(1-2-11)4(6-7)10-12(8)9/h3,7,11H,1-2,5H2,(H,8,9)/p-1/t3-/m0/s1. The maximum atomic E-state index is 9.99. The smallest absolute Gasteiger partial charge is 0.258 e. The van der Waals surface area contributed by atoms with Crippen molar-refractivity contribution >= 4 is 29.9 Å². The van der Waals surface area contributed by atoms with E-state index in [1.165, 1.54) is 0 Å². The van der Waals surface area contributed by atoms with Crippen molar-refractivity contribution in [3.05, 3.63) is 0 Å². The van der Waals surface area contributed by atoms with Gasteiger partial charge in [0.2, 0.25) is 0 Å². The number of oxime groups is 1. The number of nitrogens with zero attached hydrogens (tertiary/aromatic N) is 1. The first-order valence-electron chi connectivity index (χ1n) is 2.97. The predicted molar refractivity (Wildman–Crippen MR) is 45.7 cm³/mol. The summed E-state index contributed by atoms with van der Waals surface area (Å²) in [6.45, 7) is 0. The zero-order valence-corrected chi connectivity index (χ0v) is 7.75. The molecule has 0 aliphatic heterocycles. The second kappa shape index (κ2) is 6.23. The molecule has 3 N–H and O–H groups in total. The fourth-order valence-corrected chi connectivity index (χ4v) is 1.06. The summed E-state index contributed by atoms with van der Waals surface area (Å²) in [6, 6.07) is -0.759. The van der Waals surface area contributed by atoms with Crippen LogP contribution in [0.2, 0.25) is 0 Å². The molecule has 0 saturated heterocycles. The molecule has 6 nitrogen and oxygen atoms in total. The molecule has 0 radical (unpaired) electrons. The fraction of sp³-hybridized carbons (Fsp3) is 0.750. The summed E-state index contributed by atoms with van der Waals surface area (Å²) in [6.07, 6.45) is 0.361. The topological polar surface area (TPSA) is 108 Å². The van der Waals surface area contributed by atoms with Crippen molar-refractivity contribution < 1.29 is 18.2 Å². The maximum Gasteiger partial charge on any atom is 0.258 e. The van der Waals surface area contributed by atoms with Crippen molar-refractivity contribution in [1.29, 1.82) is 0 Å². The molecule has 0 spiro atoms. The Hall–Kier alpha value is -0.310. The van der Waals surface area contributed by atoms with Crippen LogP contribution in [0.4, 0.5) is 0 Å². The molecule has 0 aromatic carbocycles. The predicted octanol–water partition coefficient (Wildman–Crippen LogP) is -0.768. The molecule has 0 rings (SSSR count). The van der Waals surface area contributed by atoms with Crippen LogP contribution in [0.15, 0.2) is 5.16 Å². The van der Waals surface area contributed by atoms with Gasteiger partial charge in [-0.1, -0.05) is 5.16 Å². The van der Waals surface area contributed by atoms with E-state index in [1.54, 1.807) is 0 Å². The van der Waals surface area contributed by atoms with Gasteiger partial charge in [-0.2, -0.15) is 12.6 Å². The van der Waals surface area contributed by atoms with E-state index in [-0.39, 0.29) is 0 Å². The first kappa shape index (κ1) is 11.7. The number of rotatable bonds is 4. The maximum absolute atomic E-state index is 9.99. The summed E-state index contributed by atoms with van der Waals surface area (Å²) < 4.78 is 24.0. The highest BCUT2D eigenvalue weighted by atomic mass is 32.2. The highest BCUT2D eigenvalue weighted by molar-refractivity contribution is 7.80. The third kappa shape index (κ3) is 4.54. The summed E-state index contributed by atoms with van der Waals surface area (Å²) >= 11 is 1.09. The average molecular weight is 213 g/mol. The molecule has 12 heavy (non-hydrogen) atoms. The van der Waals surface area contributed by atoms with Crippen LogP contribution in [0.5, 0.6) is 0 Å². The summed E-state index contributed by atoms with van der Waals surface area (Å²) in [4.78, 5) is 0. The summed E-state index contributed by atoms with van der Waals surface area (Å²) in [7, 11) is 0. The van der Waals surface area contributed by atoms with Gasteiger partial charge in [0, 0.05) is 0 Å². The molecule has 0 aromatic heterocycles. The Kier molecular flexibility index (Phi) is 6.07. The van der Waals surface area contributed by atoms with E-state index in [2.05, 4.69) is 22.0 Å². The van der Waals surface area contributed by atoms with E-state index in [1.807, 2.05) is 0 Å². The number of nitrogens with two attached hydrogens (primary N) is 1. The Morgan fingerprint density at radius 3 is 2.83 bits per heavy atom. The van der Waals surface area contributed by atoms with Gasteiger partial charge in [-0.3, -0.25) is 0 Å². The van der Waals surface area contributed by atoms with Gasteiger partial charge in [-0.25, -0.2) is 4.21 Å². The highest BCUT2D eigenvalue weighted by Crippen LogP contribution is 1.97. The molecule has 1 unspecified atom stereocenters. The van der Waals surface area contributed by atoms with Crippen LogP contribution < -0.4 is 5.73 Å². The van der Waals surface area contributed by atoms with Gasteiger partial charge in [-0.05, 0) is 12.2 Å². The van der Waals surface area contributed by atoms with Crippen LogP contribution in [0, 0.1) is 0 Å². The lowest BCUT2D eigenvalue weighted by Gasteiger charge is -2.13. The van der Waals surface area contributed by atoms with Crippen molar-refractivity contribution in [2.75, 3.05) is 5.75 Å². The molecule has 0 fully saturated rings. The van der Waals surface area contributed by atoms with Crippen molar-refractivity contribution in [3.8, 4) is 0 Å². The second-order valence-corrected chi connectivity index (χ2v) is 2.87. The molecular weight excluding hydrogens is 204 g/mol. The highest BCUT2D eigenvalue weighted by Gasteiger charge is 2.12. The third-order valence-electron chi connectivity index (χ3n) is 1.01. The molecule has 8 heteroatoms. The normalized spacial score (nSPS) is 17.1. The molecule has 72 valence electrons. The fourth-order valence-electron chi connectivity index (χ4n) is 0.485. The van der Waals surface area contributed by atoms with E-state index in [0.717, 1.165) is 0 Å². The lowest BCUT2D eigenvalue weighted by molar-refractivity contribution is 0.296. The van der Waals surface area contributed by atoms with Gasteiger partial charge in [-0.15, -0.1) is 0 Å². The lowest BCUT2D eigenvalue weighted by Crippen LogP contribution is -2.33. The Balaban J connectivity index is 4.07. The minimum atomic E-state index is -2.77. The Labute approximate surface area is 77.7 Å². The summed E-state index contributed by atoms with van der Waals surface area (Å²) in [5.74, 6) is 0.00654. The quantitative estimate of drug-likeness (QED) is 0.142. The van der Waals surface area contributed by atoms with Gasteiger partial charge >= 0.3 is 0 Å². The molecule has 0 saturated carbocycles. The minimum Gasteiger partial charge on any atom is -0.740 e. The zero-order chi connectivity index (χ0) is 9.56. The molecule has 0 aromatic rings. The Morgan fingerprint density at radius 2 is 2.50 bits per heavy atom. The molecule has 0 aliphatic rings. The molecule has 0 aliphatic carbocycles. The summed E-state index contributed by atoms with van der Waals surface area (Å²) in [5, 5.41) is 10.8. The Morgan fingerprint density at radius 1 is 1.92 bits per heavy atom. The van der Waals surface area contributed by atoms with Crippen LogP contribution in [0.3, 0.4) is 0 Å². The van der Waals surface area contributed by atoms with Crippen molar-refractivity contribution in [2.45, 2.75) is 12.5 Å². The van der Waals surface area contributed by atoms with Gasteiger partial charge in [0.25, 0.3) is 5.90 Å². The monoisotopic (exact) mass is 213 g/mol. The molecular formula is C4H9N2O4S2-. The van der Waals surface area contributed by atoms with Crippen LogP contribution >= 0.6 is 12.6 Å². The van der Waals surface area contributed by atoms with Gasteiger partial charge in [0.15, 0.2) is 0 Å². The van der Waals surface area contributed by atoms with Gasteiger partial charge < -0.3 is 19.7 Å². The van der Waals surface area contributed by atoms with E-state index in [9.17, 15) is 8.76 Å². The zero-order valence-electron chi connectivity index (χ0n) is 6.04. The summed E-state index contributed by atoms with van der Waals surface area (Å²) in [5.41, 5.74) is 5.35. The van der Waals surface area contributed by atoms with E-state index in [4.69, 9.17) is 10.9 Å². The number of hydrogen-bond acceptors (Lipinski definition) is 7. The number of thiol groups is 1. The largest absolute Gasteiger partial charge is 0.740 e. The van der Waals surface area contributed by atoms with Crippen molar-refractivity contribution in [3.63, 3.8) is 0 Å². The van der Waals surface area contributed by atoms with Crippen LogP contribution in [-0.4, -0.2) is 31.7 Å². The average Bonchev–Trinajstić information content (AvgIpc) is 2.00. The van der Waals surface area contributed by atoms with Crippen LogP contribution in [0.1, 0.15) is 6.42 Å². The van der Waals surface area contributed by atoms with Crippen molar-refractivity contribution in [1.82, 2.24) is 0 Å². The molecule has 0 heterocycles. The second-order valence-electron chi connectivity index (χ2n) is 1.84. The molecule has 2 atom stereocenters. The molecule has 0 amide bonds. The first-order valence-corrected chi connectivity index (χ1v) is 4.61. The first-order chi connectivity index (χ1) is 5.61. The van der Waals surface area contributed by atoms with Gasteiger partial charge in [0.05, 0.1) is 6.04 Å². The Bertz CT molecular complexity index is 186. The van der Waals surface area contributed by atoms with E-state index in [0.29, 0.717) is 12.2 Å². The van der Waals surface area contributed by atoms with Crippen LogP contribution in [-0.2, 0) is 15.5 Å². The van der Waals surface area contributed by atoms with Gasteiger partial charge in [0.1, 0.15) is 11.4 Å².